The number of benzene rings is 4. The molecule has 0 spiro atoms. The largest absolute Gasteiger partial charge is 0.508 e. The Morgan fingerprint density at radius 2 is 0.962 bits per heavy atom. The number of hydrogen-bond acceptors (Lipinski definition) is 5. The van der Waals surface area contributed by atoms with Gasteiger partial charge in [0, 0.05) is 46.0 Å². The fourth-order valence-corrected chi connectivity index (χ4v) is 8.54. The lowest BCUT2D eigenvalue weighted by Crippen LogP contribution is -2.40. The van der Waals surface area contributed by atoms with Crippen LogP contribution in [-0.4, -0.2) is 54.1 Å². The molecule has 2 atom stereocenters. The minimum atomic E-state index is -0.707. The van der Waals surface area contributed by atoms with Crippen molar-refractivity contribution in [2.75, 3.05) is 26.3 Å². The Morgan fingerprint density at radius 3 is 1.35 bits per heavy atom. The number of rotatable bonds is 10. The van der Waals surface area contributed by atoms with Crippen molar-refractivity contribution in [3.8, 4) is 0 Å². The Bertz CT molecular complexity index is 1810. The van der Waals surface area contributed by atoms with Crippen LogP contribution in [0.1, 0.15) is 70.4 Å². The predicted octanol–water partition coefficient (Wildman–Crippen LogP) is 9.62. The number of carbonyl (C=O) groups is 3. The van der Waals surface area contributed by atoms with E-state index in [0.717, 1.165) is 22.3 Å². The van der Waals surface area contributed by atoms with Crippen LogP contribution in [0.15, 0.2) is 72.8 Å². The highest BCUT2D eigenvalue weighted by molar-refractivity contribution is 6.36. The van der Waals surface area contributed by atoms with Crippen LogP contribution >= 0.6 is 46.4 Å². The van der Waals surface area contributed by atoms with E-state index in [-0.39, 0.29) is 50.0 Å². The van der Waals surface area contributed by atoms with Gasteiger partial charge in [0.05, 0.1) is 38.1 Å². The van der Waals surface area contributed by atoms with Gasteiger partial charge in [-0.25, -0.2) is 4.79 Å². The first kappa shape index (κ1) is 38.0. The van der Waals surface area contributed by atoms with Gasteiger partial charge < -0.3 is 19.3 Å². The van der Waals surface area contributed by atoms with Crippen LogP contribution in [0.5, 0.6) is 0 Å². The first-order valence-corrected chi connectivity index (χ1v) is 19.0. The molecule has 0 saturated heterocycles. The number of nitrogens with zero attached hydrogens (tertiary/aromatic N) is 2. The molecule has 0 radical (unpaired) electrons. The van der Waals surface area contributed by atoms with Crippen molar-refractivity contribution in [3.05, 3.63) is 137 Å². The number of hydrogen-bond donors (Lipinski definition) is 0. The fraction of sp³-hybridized carbons (Fsp3) is 0.341. The van der Waals surface area contributed by atoms with Gasteiger partial charge in [0.25, 0.3) is 0 Å². The summed E-state index contributed by atoms with van der Waals surface area (Å²) in [5.41, 5.74) is 8.00. The molecule has 11 heteroatoms. The zero-order chi connectivity index (χ0) is 36.9. The molecule has 0 fully saturated rings. The Labute approximate surface area is 324 Å². The van der Waals surface area contributed by atoms with E-state index < -0.39 is 6.16 Å². The monoisotopic (exact) mass is 780 g/mol. The van der Waals surface area contributed by atoms with Gasteiger partial charge in [0.1, 0.15) is 0 Å². The maximum Gasteiger partial charge on any atom is 0.508 e. The number of amides is 2. The van der Waals surface area contributed by atoms with Gasteiger partial charge in [-0.2, -0.15) is 0 Å². The number of halogens is 4. The van der Waals surface area contributed by atoms with Gasteiger partial charge in [0.15, 0.2) is 0 Å². The maximum absolute atomic E-state index is 13.3. The number of carbonyl (C=O) groups excluding carboxylic acids is 3. The van der Waals surface area contributed by atoms with E-state index in [1.807, 2.05) is 47.9 Å². The lowest BCUT2D eigenvalue weighted by atomic mass is 9.88. The van der Waals surface area contributed by atoms with Crippen LogP contribution in [0.4, 0.5) is 4.79 Å². The van der Waals surface area contributed by atoms with E-state index in [9.17, 15) is 14.4 Å². The molecule has 272 valence electrons. The highest BCUT2D eigenvalue weighted by atomic mass is 35.5. The van der Waals surface area contributed by atoms with Crippen LogP contribution in [0.3, 0.4) is 0 Å². The Kier molecular flexibility index (Phi) is 12.4. The lowest BCUT2D eigenvalue weighted by Gasteiger charge is -2.36. The maximum atomic E-state index is 13.3. The normalized spacial score (nSPS) is 16.6. The van der Waals surface area contributed by atoms with E-state index in [4.69, 9.17) is 55.9 Å². The average Bonchev–Trinajstić information content (AvgIpc) is 3.12. The van der Waals surface area contributed by atoms with Gasteiger partial charge in [0.2, 0.25) is 11.8 Å². The quantitative estimate of drug-likeness (QED) is 0.150. The average molecular weight is 783 g/mol. The molecule has 7 nitrogen and oxygen atoms in total. The molecule has 4 aromatic carbocycles. The van der Waals surface area contributed by atoms with Crippen molar-refractivity contribution < 1.29 is 23.9 Å². The number of fused-ring (bicyclic) bond motifs is 2. The lowest BCUT2D eigenvalue weighted by molar-refractivity contribution is -0.133. The summed E-state index contributed by atoms with van der Waals surface area (Å²) in [5, 5.41) is 1.94. The van der Waals surface area contributed by atoms with Gasteiger partial charge in [-0.05, 0) is 95.5 Å². The zero-order valence-electron chi connectivity index (χ0n) is 29.1. The van der Waals surface area contributed by atoms with E-state index in [1.165, 1.54) is 11.1 Å². The Hall–Kier alpha value is -3.75. The van der Waals surface area contributed by atoms with E-state index in [0.29, 0.717) is 70.0 Å². The molecule has 6 rings (SSSR count). The summed E-state index contributed by atoms with van der Waals surface area (Å²) in [6, 6.07) is 22.4. The molecule has 2 aliphatic rings. The smallest absolute Gasteiger partial charge is 0.434 e. The fourth-order valence-electron chi connectivity index (χ4n) is 7.48. The van der Waals surface area contributed by atoms with Gasteiger partial charge >= 0.3 is 6.16 Å². The van der Waals surface area contributed by atoms with Gasteiger partial charge in [-0.1, -0.05) is 94.9 Å². The summed E-state index contributed by atoms with van der Waals surface area (Å²) in [6.07, 6.45) is 2.04. The minimum absolute atomic E-state index is 0.0254. The van der Waals surface area contributed by atoms with Gasteiger partial charge in [-0.15, -0.1) is 0 Å². The Morgan fingerprint density at radius 1 is 0.596 bits per heavy atom. The third-order valence-corrected chi connectivity index (χ3v) is 11.7. The standard InChI is InChI=1S/C41H40Cl4N2O5/c1-25-29-9-3-7-27(31(29)15-19-46(25)39(48)23-33-35(42)11-5-12-36(33)43)17-21-51-41(50)52-22-18-28-8-4-10-30-26(2)47(20-16-32(28)30)40(49)24-34-37(44)13-6-14-38(34)45/h3-14,25-26H,15-24H2,1-2H3/t25-,26-/m0/s1. The van der Waals surface area contributed by atoms with Crippen LogP contribution in [-0.2, 0) is 57.6 Å². The molecule has 2 heterocycles. The molecule has 0 N–H and O–H groups in total. The van der Waals surface area contributed by atoms with E-state index >= 15 is 0 Å². The van der Waals surface area contributed by atoms with Crippen molar-refractivity contribution >= 4 is 64.4 Å². The van der Waals surface area contributed by atoms with Crippen molar-refractivity contribution in [2.45, 2.75) is 64.5 Å². The zero-order valence-corrected chi connectivity index (χ0v) is 32.1. The van der Waals surface area contributed by atoms with Crippen molar-refractivity contribution in [1.29, 1.82) is 0 Å². The molecular formula is C41H40Cl4N2O5. The molecule has 0 unspecified atom stereocenters. The van der Waals surface area contributed by atoms with Crippen LogP contribution in [0.2, 0.25) is 20.1 Å². The minimum Gasteiger partial charge on any atom is -0.434 e. The van der Waals surface area contributed by atoms with Crippen LogP contribution in [0, 0.1) is 0 Å². The number of ether oxygens (including phenoxy) is 2. The van der Waals surface area contributed by atoms with E-state index in [2.05, 4.69) is 12.1 Å². The molecule has 0 bridgehead atoms. The molecule has 4 aromatic rings. The van der Waals surface area contributed by atoms with Gasteiger partial charge in [-0.3, -0.25) is 9.59 Å². The first-order valence-electron chi connectivity index (χ1n) is 17.5. The van der Waals surface area contributed by atoms with Crippen molar-refractivity contribution in [3.63, 3.8) is 0 Å². The van der Waals surface area contributed by atoms with Crippen molar-refractivity contribution in [1.82, 2.24) is 9.80 Å². The highest BCUT2D eigenvalue weighted by Crippen LogP contribution is 2.35. The third kappa shape index (κ3) is 8.39. The first-order chi connectivity index (χ1) is 25.0. The topological polar surface area (TPSA) is 76.2 Å². The second-order valence-electron chi connectivity index (χ2n) is 13.2. The molecule has 2 aliphatic heterocycles. The molecule has 2 amide bonds. The summed E-state index contributed by atoms with van der Waals surface area (Å²) < 4.78 is 10.9. The second-order valence-corrected chi connectivity index (χ2v) is 14.8. The van der Waals surface area contributed by atoms with Crippen LogP contribution < -0.4 is 0 Å². The highest BCUT2D eigenvalue weighted by Gasteiger charge is 2.31. The molecule has 0 aromatic heterocycles. The molecule has 52 heavy (non-hydrogen) atoms. The summed E-state index contributed by atoms with van der Waals surface area (Å²) in [4.78, 5) is 42.9. The summed E-state index contributed by atoms with van der Waals surface area (Å²) in [6.45, 7) is 5.56. The second kappa shape index (κ2) is 16.9. The predicted molar refractivity (Wildman–Crippen MR) is 206 cm³/mol. The Balaban J connectivity index is 0.984. The SMILES string of the molecule is C[C@H]1c2cccc(CCOC(=O)OCCc3cccc4c3CCN(C(=O)Cc3c(Cl)cccc3Cl)[C@H]4C)c2CCN1C(=O)Cc1c(Cl)cccc1Cl. The summed E-state index contributed by atoms with van der Waals surface area (Å²) >= 11 is 25.3. The molecule has 0 saturated carbocycles. The van der Waals surface area contributed by atoms with E-state index in [1.54, 1.807) is 36.4 Å². The molecule has 0 aliphatic carbocycles. The van der Waals surface area contributed by atoms with Crippen molar-refractivity contribution in [2.24, 2.45) is 0 Å². The summed E-state index contributed by atoms with van der Waals surface area (Å²) in [5.74, 6) is -0.0508. The third-order valence-electron chi connectivity index (χ3n) is 10.3. The molecular weight excluding hydrogens is 742 g/mol. The summed E-state index contributed by atoms with van der Waals surface area (Å²) in [7, 11) is 0. The van der Waals surface area contributed by atoms with Crippen LogP contribution in [0.25, 0.3) is 0 Å².